The SMILES string of the molecule is CC1Oc2ccccc2N(CC(=O)NCC2(c3ccccc3)CCC2)C1=O. The normalized spacial score (nSPS) is 20.3. The molecule has 1 saturated carbocycles. The van der Waals surface area contributed by atoms with Gasteiger partial charge in [-0.2, -0.15) is 0 Å². The Morgan fingerprint density at radius 2 is 1.85 bits per heavy atom. The van der Waals surface area contributed by atoms with Crippen molar-refractivity contribution in [3.8, 4) is 5.75 Å². The van der Waals surface area contributed by atoms with Gasteiger partial charge in [-0.05, 0) is 37.5 Å². The number of rotatable bonds is 5. The third-order valence-electron chi connectivity index (χ3n) is 5.70. The summed E-state index contributed by atoms with van der Waals surface area (Å²) < 4.78 is 5.63. The van der Waals surface area contributed by atoms with E-state index in [-0.39, 0.29) is 23.8 Å². The van der Waals surface area contributed by atoms with Gasteiger partial charge in [0.2, 0.25) is 5.91 Å². The van der Waals surface area contributed by atoms with Crippen LogP contribution in [-0.4, -0.2) is 31.0 Å². The van der Waals surface area contributed by atoms with Crippen LogP contribution in [0.25, 0.3) is 0 Å². The molecule has 2 aromatic rings. The van der Waals surface area contributed by atoms with Gasteiger partial charge in [0.05, 0.1) is 5.69 Å². The van der Waals surface area contributed by atoms with Crippen LogP contribution in [0.15, 0.2) is 54.6 Å². The zero-order chi connectivity index (χ0) is 18.9. The highest BCUT2D eigenvalue weighted by Gasteiger charge is 2.39. The van der Waals surface area contributed by atoms with E-state index in [1.54, 1.807) is 6.92 Å². The van der Waals surface area contributed by atoms with Crippen molar-refractivity contribution >= 4 is 17.5 Å². The molecule has 5 heteroatoms. The summed E-state index contributed by atoms with van der Waals surface area (Å²) in [6.45, 7) is 2.32. The Hall–Kier alpha value is -2.82. The van der Waals surface area contributed by atoms with Crippen LogP contribution >= 0.6 is 0 Å². The average Bonchev–Trinajstić information content (AvgIpc) is 2.65. The Morgan fingerprint density at radius 3 is 2.56 bits per heavy atom. The quantitative estimate of drug-likeness (QED) is 0.887. The van der Waals surface area contributed by atoms with Crippen molar-refractivity contribution < 1.29 is 14.3 Å². The molecule has 27 heavy (non-hydrogen) atoms. The molecule has 1 aliphatic carbocycles. The van der Waals surface area contributed by atoms with Crippen molar-refractivity contribution in [2.75, 3.05) is 18.0 Å². The van der Waals surface area contributed by atoms with Gasteiger partial charge in [0.25, 0.3) is 5.91 Å². The standard InChI is InChI=1S/C22H24N2O3/c1-16-21(26)24(18-10-5-6-11-19(18)27-16)14-20(25)23-15-22(12-7-13-22)17-8-3-2-4-9-17/h2-6,8-11,16H,7,12-15H2,1H3,(H,23,25). The van der Waals surface area contributed by atoms with Gasteiger partial charge in [0, 0.05) is 12.0 Å². The fourth-order valence-corrected chi connectivity index (χ4v) is 3.95. The lowest BCUT2D eigenvalue weighted by molar-refractivity contribution is -0.128. The van der Waals surface area contributed by atoms with Crippen molar-refractivity contribution in [2.24, 2.45) is 0 Å². The number of nitrogens with zero attached hydrogens (tertiary/aromatic N) is 1. The first kappa shape index (κ1) is 17.6. The van der Waals surface area contributed by atoms with Gasteiger partial charge in [-0.1, -0.05) is 48.9 Å². The topological polar surface area (TPSA) is 58.6 Å². The number of carbonyl (C=O) groups excluding carboxylic acids is 2. The number of anilines is 1. The van der Waals surface area contributed by atoms with Crippen molar-refractivity contribution in [1.29, 1.82) is 0 Å². The minimum Gasteiger partial charge on any atom is -0.479 e. The molecule has 0 radical (unpaired) electrons. The first-order valence-electron chi connectivity index (χ1n) is 9.48. The second-order valence-corrected chi connectivity index (χ2v) is 7.43. The first-order chi connectivity index (χ1) is 13.1. The number of amides is 2. The maximum Gasteiger partial charge on any atom is 0.268 e. The van der Waals surface area contributed by atoms with E-state index >= 15 is 0 Å². The molecular formula is C22H24N2O3. The zero-order valence-corrected chi connectivity index (χ0v) is 15.5. The molecule has 1 fully saturated rings. The molecule has 0 bridgehead atoms. The Morgan fingerprint density at radius 1 is 1.15 bits per heavy atom. The van der Waals surface area contributed by atoms with Crippen LogP contribution in [0, 0.1) is 0 Å². The lowest BCUT2D eigenvalue weighted by Gasteiger charge is -2.42. The zero-order valence-electron chi connectivity index (χ0n) is 15.5. The Bertz CT molecular complexity index is 846. The maximum atomic E-state index is 12.6. The Kier molecular flexibility index (Phi) is 4.60. The summed E-state index contributed by atoms with van der Waals surface area (Å²) >= 11 is 0. The molecule has 1 unspecified atom stereocenters. The molecule has 4 rings (SSSR count). The van der Waals surface area contributed by atoms with Crippen LogP contribution in [0.5, 0.6) is 5.75 Å². The van der Waals surface area contributed by atoms with E-state index in [1.165, 1.54) is 16.9 Å². The van der Waals surface area contributed by atoms with Gasteiger partial charge in [-0.15, -0.1) is 0 Å². The Labute approximate surface area is 159 Å². The average molecular weight is 364 g/mol. The van der Waals surface area contributed by atoms with Crippen LogP contribution in [0.1, 0.15) is 31.7 Å². The molecule has 2 aliphatic rings. The molecule has 1 aliphatic heterocycles. The molecule has 1 atom stereocenters. The predicted molar refractivity (Wildman–Crippen MR) is 104 cm³/mol. The van der Waals surface area contributed by atoms with Crippen LogP contribution in [0.3, 0.4) is 0 Å². The summed E-state index contributed by atoms with van der Waals surface area (Å²) in [5, 5.41) is 3.06. The molecule has 140 valence electrons. The van der Waals surface area contributed by atoms with Crippen molar-refractivity contribution in [3.63, 3.8) is 0 Å². The minimum atomic E-state index is -0.588. The molecule has 2 amide bonds. The minimum absolute atomic E-state index is 0.00835. The number of para-hydroxylation sites is 2. The number of fused-ring (bicyclic) bond motifs is 1. The van der Waals surface area contributed by atoms with E-state index in [2.05, 4.69) is 17.4 Å². The highest BCUT2D eigenvalue weighted by atomic mass is 16.5. The number of hydrogen-bond donors (Lipinski definition) is 1. The maximum absolute atomic E-state index is 12.6. The van der Waals surface area contributed by atoms with Crippen LogP contribution < -0.4 is 15.0 Å². The largest absolute Gasteiger partial charge is 0.479 e. The first-order valence-corrected chi connectivity index (χ1v) is 9.48. The highest BCUT2D eigenvalue weighted by Crippen LogP contribution is 2.43. The van der Waals surface area contributed by atoms with Crippen LogP contribution in [-0.2, 0) is 15.0 Å². The van der Waals surface area contributed by atoms with E-state index < -0.39 is 6.10 Å². The second-order valence-electron chi connectivity index (χ2n) is 7.43. The van der Waals surface area contributed by atoms with Gasteiger partial charge >= 0.3 is 0 Å². The van der Waals surface area contributed by atoms with Crippen molar-refractivity contribution in [2.45, 2.75) is 37.7 Å². The number of hydrogen-bond acceptors (Lipinski definition) is 3. The summed E-state index contributed by atoms with van der Waals surface area (Å²) in [5.74, 6) is 0.303. The fourth-order valence-electron chi connectivity index (χ4n) is 3.95. The van der Waals surface area contributed by atoms with Crippen LogP contribution in [0.2, 0.25) is 0 Å². The summed E-state index contributed by atoms with van der Waals surface area (Å²) in [6.07, 6.45) is 2.74. The third-order valence-corrected chi connectivity index (χ3v) is 5.70. The van der Waals surface area contributed by atoms with E-state index in [0.29, 0.717) is 18.0 Å². The molecular weight excluding hydrogens is 340 g/mol. The summed E-state index contributed by atoms with van der Waals surface area (Å²) in [7, 11) is 0. The van der Waals surface area contributed by atoms with Crippen molar-refractivity contribution in [3.05, 3.63) is 60.2 Å². The summed E-state index contributed by atoms with van der Waals surface area (Å²) in [4.78, 5) is 26.7. The monoisotopic (exact) mass is 364 g/mol. The molecule has 1 N–H and O–H groups in total. The van der Waals surface area contributed by atoms with Crippen LogP contribution in [0.4, 0.5) is 5.69 Å². The molecule has 2 aromatic carbocycles. The van der Waals surface area contributed by atoms with E-state index in [9.17, 15) is 9.59 Å². The number of nitrogens with one attached hydrogen (secondary N) is 1. The number of benzene rings is 2. The van der Waals surface area contributed by atoms with Crippen molar-refractivity contribution in [1.82, 2.24) is 5.32 Å². The van der Waals surface area contributed by atoms with Gasteiger partial charge in [0.1, 0.15) is 12.3 Å². The smallest absolute Gasteiger partial charge is 0.268 e. The van der Waals surface area contributed by atoms with E-state index in [1.807, 2.05) is 42.5 Å². The van der Waals surface area contributed by atoms with Gasteiger partial charge in [0.15, 0.2) is 6.10 Å². The highest BCUT2D eigenvalue weighted by molar-refractivity contribution is 6.03. The molecule has 0 aromatic heterocycles. The van der Waals surface area contributed by atoms with E-state index in [4.69, 9.17) is 4.74 Å². The third kappa shape index (κ3) is 3.29. The van der Waals surface area contributed by atoms with Gasteiger partial charge < -0.3 is 10.1 Å². The Balaban J connectivity index is 1.45. The molecule has 0 spiro atoms. The fraction of sp³-hybridized carbons (Fsp3) is 0.364. The molecule has 0 saturated heterocycles. The second kappa shape index (κ2) is 7.06. The lowest BCUT2D eigenvalue weighted by atomic mass is 9.64. The molecule has 5 nitrogen and oxygen atoms in total. The number of ether oxygens (including phenoxy) is 1. The lowest BCUT2D eigenvalue weighted by Crippen LogP contribution is -2.51. The summed E-state index contributed by atoms with van der Waals surface area (Å²) in [5.41, 5.74) is 1.95. The molecule has 1 heterocycles. The summed E-state index contributed by atoms with van der Waals surface area (Å²) in [6, 6.07) is 17.7. The van der Waals surface area contributed by atoms with Gasteiger partial charge in [-0.25, -0.2) is 0 Å². The number of carbonyl (C=O) groups is 2. The predicted octanol–water partition coefficient (Wildman–Crippen LogP) is 3.04. The van der Waals surface area contributed by atoms with Gasteiger partial charge in [-0.3, -0.25) is 14.5 Å². The van der Waals surface area contributed by atoms with E-state index in [0.717, 1.165) is 12.8 Å².